The molecule has 0 unspecified atom stereocenters. The van der Waals surface area contributed by atoms with Crippen LogP contribution in [-0.2, 0) is 43.7 Å². The highest BCUT2D eigenvalue weighted by Gasteiger charge is 2.49. The molecule has 1 aliphatic heterocycles. The SMILES string of the molecule is COCCOCCOCCOCCNC(=O)c1ccc2cc(C(=O)N[C@H](CC3CCCCC3)C(=O)N3C[C@@H](n4nncc4C(C)(C)O)C[C@H]3C(=O)NC3(C(=O)C(N)=O)CCCCC3)ccc2c1. The van der Waals surface area contributed by atoms with Gasteiger partial charge in [-0.2, -0.15) is 0 Å². The van der Waals surface area contributed by atoms with Crippen LogP contribution < -0.4 is 21.7 Å². The number of amides is 5. The van der Waals surface area contributed by atoms with Crippen LogP contribution in [0.3, 0.4) is 0 Å². The van der Waals surface area contributed by atoms with E-state index in [1.807, 2.05) is 0 Å². The molecule has 6 N–H and O–H groups in total. The highest BCUT2D eigenvalue weighted by atomic mass is 16.6. The smallest absolute Gasteiger partial charge is 0.287 e. The number of carbonyl (C=O) groups is 6. The molecule has 0 bridgehead atoms. The number of nitrogens with one attached hydrogen (secondary N) is 3. The third kappa shape index (κ3) is 13.6. The number of aliphatic hydroxyl groups is 1. The Morgan fingerprint density at radius 3 is 2.04 bits per heavy atom. The number of carbonyl (C=O) groups excluding carboxylic acids is 6. The van der Waals surface area contributed by atoms with Gasteiger partial charge >= 0.3 is 0 Å². The van der Waals surface area contributed by atoms with E-state index in [9.17, 15) is 29.1 Å². The first-order valence-corrected chi connectivity index (χ1v) is 23.7. The second-order valence-corrected chi connectivity index (χ2v) is 18.5. The summed E-state index contributed by atoms with van der Waals surface area (Å²) in [4.78, 5) is 83.8. The Morgan fingerprint density at radius 2 is 1.43 bits per heavy atom. The predicted molar refractivity (Wildman–Crippen MR) is 246 cm³/mol. The van der Waals surface area contributed by atoms with E-state index < -0.39 is 58.7 Å². The molecule has 0 radical (unpaired) electrons. The number of fused-ring (bicyclic) bond motifs is 1. The van der Waals surface area contributed by atoms with Gasteiger partial charge in [-0.3, -0.25) is 28.8 Å². The lowest BCUT2D eigenvalue weighted by molar-refractivity contribution is -0.145. The summed E-state index contributed by atoms with van der Waals surface area (Å²) >= 11 is 0. The van der Waals surface area contributed by atoms with Crippen LogP contribution >= 0.6 is 0 Å². The van der Waals surface area contributed by atoms with Crippen LogP contribution in [0.1, 0.15) is 123 Å². The van der Waals surface area contributed by atoms with E-state index in [2.05, 4.69) is 26.3 Å². The van der Waals surface area contributed by atoms with Crippen LogP contribution in [0.4, 0.5) is 0 Å². The molecule has 0 spiro atoms. The Morgan fingerprint density at radius 1 is 0.836 bits per heavy atom. The minimum absolute atomic E-state index is 0.00243. The summed E-state index contributed by atoms with van der Waals surface area (Å²) < 4.78 is 22.8. The maximum absolute atomic E-state index is 15.1. The predicted octanol–water partition coefficient (Wildman–Crippen LogP) is 2.87. The number of rotatable bonds is 24. The molecule has 2 heterocycles. The molecule has 67 heavy (non-hydrogen) atoms. The van der Waals surface area contributed by atoms with E-state index >= 15 is 4.79 Å². The highest BCUT2D eigenvalue weighted by Crippen LogP contribution is 2.35. The summed E-state index contributed by atoms with van der Waals surface area (Å²) in [5.41, 5.74) is 3.79. The van der Waals surface area contributed by atoms with E-state index in [0.717, 1.165) is 43.9 Å². The number of hydrogen-bond donors (Lipinski definition) is 5. The molecule has 5 amide bonds. The van der Waals surface area contributed by atoms with Gasteiger partial charge in [-0.05, 0) is 74.1 Å². The summed E-state index contributed by atoms with van der Waals surface area (Å²) in [7, 11) is 1.62. The van der Waals surface area contributed by atoms with E-state index in [4.69, 9.17) is 24.7 Å². The second-order valence-electron chi connectivity index (χ2n) is 18.5. The highest BCUT2D eigenvalue weighted by molar-refractivity contribution is 6.39. The Balaban J connectivity index is 1.15. The Bertz CT molecular complexity index is 2180. The van der Waals surface area contributed by atoms with Crippen LogP contribution in [0.2, 0.25) is 0 Å². The van der Waals surface area contributed by atoms with Crippen molar-refractivity contribution in [3.63, 3.8) is 0 Å². The summed E-state index contributed by atoms with van der Waals surface area (Å²) in [6.07, 6.45) is 9.21. The number of Topliss-reactive ketones (excluding diaryl/α,β-unsaturated/α-hetero) is 1. The Hall–Kier alpha value is -5.34. The van der Waals surface area contributed by atoms with Crippen molar-refractivity contribution >= 4 is 46.1 Å². The van der Waals surface area contributed by atoms with Crippen molar-refractivity contribution in [2.45, 2.75) is 120 Å². The number of likely N-dealkylation sites (tertiary alicyclic amines) is 1. The topological polar surface area (TPSA) is 256 Å². The van der Waals surface area contributed by atoms with Gasteiger partial charge < -0.3 is 50.6 Å². The number of nitrogens with zero attached hydrogens (tertiary/aromatic N) is 4. The van der Waals surface area contributed by atoms with Crippen molar-refractivity contribution in [1.82, 2.24) is 35.8 Å². The lowest BCUT2D eigenvalue weighted by Crippen LogP contribution is -2.62. The molecule has 2 aliphatic carbocycles. The van der Waals surface area contributed by atoms with Gasteiger partial charge in [-0.25, -0.2) is 4.68 Å². The number of nitrogens with two attached hydrogens (primary N) is 1. The molecule has 3 aliphatic rings. The lowest BCUT2D eigenvalue weighted by atomic mass is 9.78. The number of benzene rings is 2. The lowest BCUT2D eigenvalue weighted by Gasteiger charge is -2.38. The Kier molecular flexibility index (Phi) is 18.4. The molecule has 3 atom stereocenters. The maximum Gasteiger partial charge on any atom is 0.287 e. The van der Waals surface area contributed by atoms with Gasteiger partial charge in [0.1, 0.15) is 23.2 Å². The van der Waals surface area contributed by atoms with Gasteiger partial charge in [0.15, 0.2) is 0 Å². The number of ether oxygens (including phenoxy) is 4. The van der Waals surface area contributed by atoms with Crippen LogP contribution in [0, 0.1) is 5.92 Å². The number of hydrogen-bond acceptors (Lipinski definition) is 13. The molecule has 366 valence electrons. The third-order valence-electron chi connectivity index (χ3n) is 13.1. The van der Waals surface area contributed by atoms with Crippen LogP contribution in [-0.4, -0.2) is 144 Å². The third-order valence-corrected chi connectivity index (χ3v) is 13.1. The fourth-order valence-electron chi connectivity index (χ4n) is 9.52. The normalized spacial score (nSPS) is 19.2. The Labute approximate surface area is 391 Å². The van der Waals surface area contributed by atoms with Crippen molar-refractivity contribution in [3.8, 4) is 0 Å². The van der Waals surface area contributed by atoms with Gasteiger partial charge in [-0.1, -0.05) is 68.7 Å². The van der Waals surface area contributed by atoms with Crippen LogP contribution in [0.5, 0.6) is 0 Å². The molecule has 3 fully saturated rings. The number of aromatic nitrogens is 3. The molecular formula is C48H68N8O11. The second kappa shape index (κ2) is 24.1. The monoisotopic (exact) mass is 933 g/mol. The molecule has 19 heteroatoms. The fourth-order valence-corrected chi connectivity index (χ4v) is 9.52. The minimum atomic E-state index is -1.50. The van der Waals surface area contributed by atoms with Crippen molar-refractivity contribution in [2.24, 2.45) is 11.7 Å². The molecule has 19 nitrogen and oxygen atoms in total. The average molecular weight is 933 g/mol. The minimum Gasteiger partial charge on any atom is -0.384 e. The number of methoxy groups -OCH3 is 1. The summed E-state index contributed by atoms with van der Waals surface area (Å²) in [6.45, 7) is 6.55. The standard InChI is InChI=1S/C48H68N8O11/c1-47(2,63)40-30-51-54-56(40)37-29-39(45(61)53-48(41(57)42(49)58)16-8-5-9-17-48)55(31-37)46(62)38(26-32-10-6-4-7-11-32)52-44(60)36-15-13-33-27-35(14-12-34(33)28-36)43(59)50-18-19-65-22-23-67-25-24-66-21-20-64-3/h12-15,27-28,30,32,37-39,63H,4-11,16-26,29,31H2,1-3H3,(H2,49,58)(H,50,59)(H,52,60)(H,53,61)/t37-,38+,39-/m0/s1. The molecule has 2 aromatic carbocycles. The van der Waals surface area contributed by atoms with Crippen molar-refractivity contribution in [1.29, 1.82) is 0 Å². The first-order chi connectivity index (χ1) is 32.2. The van der Waals surface area contributed by atoms with Gasteiger partial charge in [0, 0.05) is 37.7 Å². The molecule has 6 rings (SSSR count). The first-order valence-electron chi connectivity index (χ1n) is 23.7. The van der Waals surface area contributed by atoms with Gasteiger partial charge in [0.05, 0.1) is 64.2 Å². The van der Waals surface area contributed by atoms with E-state index in [1.54, 1.807) is 57.4 Å². The maximum atomic E-state index is 15.1. The van der Waals surface area contributed by atoms with Gasteiger partial charge in [0.25, 0.3) is 17.7 Å². The number of primary amides is 1. The average Bonchev–Trinajstić information content (AvgIpc) is 4.01. The van der Waals surface area contributed by atoms with Crippen LogP contribution in [0.25, 0.3) is 10.8 Å². The van der Waals surface area contributed by atoms with E-state index in [-0.39, 0.29) is 37.6 Å². The summed E-state index contributed by atoms with van der Waals surface area (Å²) in [5.74, 6) is -3.71. The van der Waals surface area contributed by atoms with Crippen molar-refractivity contribution in [3.05, 3.63) is 59.4 Å². The van der Waals surface area contributed by atoms with Crippen molar-refractivity contribution in [2.75, 3.05) is 66.4 Å². The van der Waals surface area contributed by atoms with E-state index in [0.29, 0.717) is 94.3 Å². The molecule has 3 aromatic rings. The zero-order valence-electron chi connectivity index (χ0n) is 39.1. The largest absolute Gasteiger partial charge is 0.384 e. The fraction of sp³-hybridized carbons (Fsp3) is 0.625. The first kappa shape index (κ1) is 51.1. The molecule has 1 saturated heterocycles. The van der Waals surface area contributed by atoms with E-state index in [1.165, 1.54) is 15.8 Å². The zero-order valence-corrected chi connectivity index (χ0v) is 39.1. The molecular weight excluding hydrogens is 865 g/mol. The van der Waals surface area contributed by atoms with Crippen molar-refractivity contribution < 1.29 is 52.8 Å². The molecule has 2 saturated carbocycles. The summed E-state index contributed by atoms with van der Waals surface area (Å²) in [6, 6.07) is 7.56. The van der Waals surface area contributed by atoms with Crippen LogP contribution in [0.15, 0.2) is 42.6 Å². The van der Waals surface area contributed by atoms with Gasteiger partial charge in [0.2, 0.25) is 17.6 Å². The molecule has 1 aromatic heterocycles. The summed E-state index contributed by atoms with van der Waals surface area (Å²) in [5, 5.41) is 29.5. The quantitative estimate of drug-likeness (QED) is 0.0641. The van der Waals surface area contributed by atoms with Gasteiger partial charge in [-0.15, -0.1) is 5.10 Å². The zero-order chi connectivity index (χ0) is 48.0. The number of ketones is 1.